The number of halogens is 1. The highest BCUT2D eigenvalue weighted by Gasteiger charge is 2.20. The maximum absolute atomic E-state index is 5.97. The highest BCUT2D eigenvalue weighted by atomic mass is 35.5. The minimum absolute atomic E-state index is 0.776. The average molecular weight is 240 g/mol. The lowest BCUT2D eigenvalue weighted by atomic mass is 10.1. The van der Waals surface area contributed by atoms with Crippen LogP contribution >= 0.6 is 11.6 Å². The molecule has 88 valence electrons. The average Bonchev–Trinajstić information content (AvgIpc) is 3.08. The Hall–Kier alpha value is -0.730. The molecule has 16 heavy (non-hydrogen) atoms. The van der Waals surface area contributed by atoms with Crippen molar-refractivity contribution >= 4 is 11.6 Å². The third-order valence-corrected chi connectivity index (χ3v) is 3.18. The molecular weight excluding hydrogens is 222 g/mol. The topological polar surface area (TPSA) is 21.3 Å². The largest absolute Gasteiger partial charge is 0.496 e. The van der Waals surface area contributed by atoms with E-state index in [9.17, 15) is 0 Å². The van der Waals surface area contributed by atoms with Gasteiger partial charge in [-0.05, 0) is 62.0 Å². The third-order valence-electron chi connectivity index (χ3n) is 2.94. The van der Waals surface area contributed by atoms with Gasteiger partial charge in [0.15, 0.2) is 0 Å². The van der Waals surface area contributed by atoms with E-state index in [4.69, 9.17) is 16.3 Å². The van der Waals surface area contributed by atoms with Crippen LogP contribution in [0.4, 0.5) is 0 Å². The van der Waals surface area contributed by atoms with E-state index in [1.165, 1.54) is 18.4 Å². The van der Waals surface area contributed by atoms with Gasteiger partial charge in [-0.15, -0.1) is 0 Å². The molecule has 0 aliphatic heterocycles. The summed E-state index contributed by atoms with van der Waals surface area (Å²) in [6.07, 6.45) is 3.76. The second-order valence-electron chi connectivity index (χ2n) is 4.35. The van der Waals surface area contributed by atoms with Crippen LogP contribution in [0, 0.1) is 5.92 Å². The smallest absolute Gasteiger partial charge is 0.122 e. The van der Waals surface area contributed by atoms with Crippen molar-refractivity contribution in [2.24, 2.45) is 5.92 Å². The fourth-order valence-corrected chi connectivity index (χ4v) is 1.99. The molecule has 2 rings (SSSR count). The predicted octanol–water partition coefficient (Wildman–Crippen LogP) is 2.89. The number of rotatable bonds is 6. The van der Waals surface area contributed by atoms with Crippen molar-refractivity contribution in [3.63, 3.8) is 0 Å². The molecular formula is C13H18ClNO. The van der Waals surface area contributed by atoms with Gasteiger partial charge in [0.2, 0.25) is 0 Å². The summed E-state index contributed by atoms with van der Waals surface area (Å²) in [7, 11) is 1.70. The van der Waals surface area contributed by atoms with Crippen LogP contribution in [0.2, 0.25) is 5.02 Å². The summed E-state index contributed by atoms with van der Waals surface area (Å²) in [5.41, 5.74) is 1.18. The summed E-state index contributed by atoms with van der Waals surface area (Å²) in [6, 6.07) is 5.78. The van der Waals surface area contributed by atoms with E-state index in [2.05, 4.69) is 5.32 Å². The summed E-state index contributed by atoms with van der Waals surface area (Å²) in [5, 5.41) is 4.24. The Morgan fingerprint density at radius 1 is 1.44 bits per heavy atom. The van der Waals surface area contributed by atoms with Crippen molar-refractivity contribution in [2.45, 2.75) is 19.3 Å². The first-order valence-corrected chi connectivity index (χ1v) is 6.20. The lowest BCUT2D eigenvalue weighted by Crippen LogP contribution is -2.19. The second-order valence-corrected chi connectivity index (χ2v) is 4.79. The highest BCUT2D eigenvalue weighted by molar-refractivity contribution is 6.30. The van der Waals surface area contributed by atoms with Crippen LogP contribution in [0.3, 0.4) is 0 Å². The Kier molecular flexibility index (Phi) is 4.08. The molecule has 0 spiro atoms. The molecule has 1 saturated carbocycles. The number of hydrogen-bond donors (Lipinski definition) is 1. The normalized spacial score (nSPS) is 15.1. The highest BCUT2D eigenvalue weighted by Crippen LogP contribution is 2.27. The zero-order valence-electron chi connectivity index (χ0n) is 9.63. The van der Waals surface area contributed by atoms with Crippen LogP contribution in [0.1, 0.15) is 18.4 Å². The Morgan fingerprint density at radius 3 is 2.94 bits per heavy atom. The Labute approximate surface area is 102 Å². The maximum Gasteiger partial charge on any atom is 0.122 e. The standard InChI is InChI=1S/C13H18ClNO/c1-16-13-5-4-12(14)8-11(13)6-7-15-9-10-2-3-10/h4-5,8,10,15H,2-3,6-7,9H2,1H3. The van der Waals surface area contributed by atoms with Gasteiger partial charge < -0.3 is 10.1 Å². The van der Waals surface area contributed by atoms with E-state index >= 15 is 0 Å². The van der Waals surface area contributed by atoms with Gasteiger partial charge in [0.05, 0.1) is 7.11 Å². The van der Waals surface area contributed by atoms with Crippen LogP contribution in [0.5, 0.6) is 5.75 Å². The van der Waals surface area contributed by atoms with Crippen molar-refractivity contribution in [3.05, 3.63) is 28.8 Å². The van der Waals surface area contributed by atoms with Gasteiger partial charge in [0, 0.05) is 5.02 Å². The molecule has 3 heteroatoms. The number of ether oxygens (including phenoxy) is 1. The van der Waals surface area contributed by atoms with Crippen LogP contribution in [0.15, 0.2) is 18.2 Å². The van der Waals surface area contributed by atoms with Gasteiger partial charge in [0.25, 0.3) is 0 Å². The molecule has 1 aromatic carbocycles. The fourth-order valence-electron chi connectivity index (χ4n) is 1.79. The fraction of sp³-hybridized carbons (Fsp3) is 0.538. The monoisotopic (exact) mass is 239 g/mol. The molecule has 1 N–H and O–H groups in total. The van der Waals surface area contributed by atoms with Gasteiger partial charge >= 0.3 is 0 Å². The second kappa shape index (κ2) is 5.55. The van der Waals surface area contributed by atoms with Gasteiger partial charge in [-0.3, -0.25) is 0 Å². The van der Waals surface area contributed by atoms with Gasteiger partial charge in [-0.1, -0.05) is 11.6 Å². The molecule has 0 amide bonds. The number of benzene rings is 1. The van der Waals surface area contributed by atoms with Crippen LogP contribution in [-0.4, -0.2) is 20.2 Å². The van der Waals surface area contributed by atoms with Crippen LogP contribution in [0.25, 0.3) is 0 Å². The molecule has 2 nitrogen and oxygen atoms in total. The maximum atomic E-state index is 5.97. The Morgan fingerprint density at radius 2 is 2.25 bits per heavy atom. The van der Waals surface area contributed by atoms with Crippen molar-refractivity contribution in [1.29, 1.82) is 0 Å². The molecule has 0 unspecified atom stereocenters. The molecule has 0 heterocycles. The van der Waals surface area contributed by atoms with Crippen molar-refractivity contribution in [1.82, 2.24) is 5.32 Å². The SMILES string of the molecule is COc1ccc(Cl)cc1CCNCC1CC1. The summed E-state index contributed by atoms with van der Waals surface area (Å²) in [5.74, 6) is 1.86. The quantitative estimate of drug-likeness (QED) is 0.771. The van der Waals surface area contributed by atoms with Gasteiger partial charge in [-0.2, -0.15) is 0 Å². The van der Waals surface area contributed by atoms with Gasteiger partial charge in [-0.25, -0.2) is 0 Å². The first kappa shape index (κ1) is 11.7. The summed E-state index contributed by atoms with van der Waals surface area (Å²) >= 11 is 5.97. The third kappa shape index (κ3) is 3.39. The minimum atomic E-state index is 0.776. The lowest BCUT2D eigenvalue weighted by Gasteiger charge is -2.09. The lowest BCUT2D eigenvalue weighted by molar-refractivity contribution is 0.409. The van der Waals surface area contributed by atoms with Gasteiger partial charge in [0.1, 0.15) is 5.75 Å². The van der Waals surface area contributed by atoms with E-state index < -0.39 is 0 Å². The van der Waals surface area contributed by atoms with Crippen molar-refractivity contribution < 1.29 is 4.74 Å². The van der Waals surface area contributed by atoms with Crippen molar-refractivity contribution in [3.8, 4) is 5.75 Å². The van der Waals surface area contributed by atoms with E-state index in [0.29, 0.717) is 0 Å². The molecule has 0 atom stereocenters. The first-order chi connectivity index (χ1) is 7.79. The first-order valence-electron chi connectivity index (χ1n) is 5.82. The Bertz CT molecular complexity index is 350. The molecule has 0 aromatic heterocycles. The molecule has 0 radical (unpaired) electrons. The summed E-state index contributed by atoms with van der Waals surface area (Å²) in [6.45, 7) is 2.15. The molecule has 1 fully saturated rings. The number of hydrogen-bond acceptors (Lipinski definition) is 2. The molecule has 0 bridgehead atoms. The molecule has 1 aliphatic carbocycles. The molecule has 0 saturated heterocycles. The van der Waals surface area contributed by atoms with E-state index in [-0.39, 0.29) is 0 Å². The Balaban J connectivity index is 1.83. The van der Waals surface area contributed by atoms with Crippen molar-refractivity contribution in [2.75, 3.05) is 20.2 Å². The number of methoxy groups -OCH3 is 1. The van der Waals surface area contributed by atoms with Crippen LogP contribution in [-0.2, 0) is 6.42 Å². The zero-order chi connectivity index (χ0) is 11.4. The predicted molar refractivity (Wildman–Crippen MR) is 67.3 cm³/mol. The minimum Gasteiger partial charge on any atom is -0.496 e. The van der Waals surface area contributed by atoms with E-state index in [0.717, 1.165) is 36.2 Å². The summed E-state index contributed by atoms with van der Waals surface area (Å²) in [4.78, 5) is 0. The zero-order valence-corrected chi connectivity index (χ0v) is 10.4. The molecule has 1 aromatic rings. The summed E-state index contributed by atoms with van der Waals surface area (Å²) < 4.78 is 5.30. The van der Waals surface area contributed by atoms with E-state index in [1.807, 2.05) is 18.2 Å². The van der Waals surface area contributed by atoms with E-state index in [1.54, 1.807) is 7.11 Å². The molecule has 1 aliphatic rings. The van der Waals surface area contributed by atoms with Crippen LogP contribution < -0.4 is 10.1 Å². The number of nitrogens with one attached hydrogen (secondary N) is 1.